The highest BCUT2D eigenvalue weighted by molar-refractivity contribution is 8.00. The number of carbonyl (C=O) groups is 3. The second-order valence-corrected chi connectivity index (χ2v) is 13.5. The molecule has 278 valence electrons. The van der Waals surface area contributed by atoms with Crippen LogP contribution in [0.2, 0.25) is 0 Å². The van der Waals surface area contributed by atoms with E-state index in [9.17, 15) is 40.7 Å². The number of rotatable bonds is 10. The van der Waals surface area contributed by atoms with Gasteiger partial charge in [-0.2, -0.15) is 26.3 Å². The molecule has 0 N–H and O–H groups in total. The Hall–Kier alpha value is -4.19. The summed E-state index contributed by atoms with van der Waals surface area (Å²) in [5, 5.41) is 0. The zero-order valence-corrected chi connectivity index (χ0v) is 30.0. The number of hydrogen-bond donors (Lipinski definition) is 0. The number of thioether (sulfide) groups is 1. The fourth-order valence-electron chi connectivity index (χ4n) is 5.65. The number of fused-ring (bicyclic) bond motifs is 1. The first-order chi connectivity index (χ1) is 23.9. The summed E-state index contributed by atoms with van der Waals surface area (Å²) in [5.41, 5.74) is -1.83. The maximum absolute atomic E-state index is 13.7. The average molecular weight is 764 g/mol. The lowest BCUT2D eigenvalue weighted by Gasteiger charge is -2.43. The van der Waals surface area contributed by atoms with Crippen molar-refractivity contribution in [3.05, 3.63) is 68.7 Å². The zero-order chi connectivity index (χ0) is 37.8. The van der Waals surface area contributed by atoms with Crippen LogP contribution in [0.15, 0.2) is 34.7 Å². The van der Waals surface area contributed by atoms with Gasteiger partial charge in [0.15, 0.2) is 4.34 Å². The van der Waals surface area contributed by atoms with Gasteiger partial charge in [-0.1, -0.05) is 11.8 Å². The Bertz CT molecular complexity index is 1730. The molecule has 1 aliphatic rings. The highest BCUT2D eigenvalue weighted by Crippen LogP contribution is 2.46. The van der Waals surface area contributed by atoms with Gasteiger partial charge in [-0.3, -0.25) is 9.80 Å². The van der Waals surface area contributed by atoms with Crippen LogP contribution >= 0.6 is 23.1 Å². The summed E-state index contributed by atoms with van der Waals surface area (Å²) in [6.45, 7) is 6.21. The fourth-order valence-corrected chi connectivity index (χ4v) is 7.71. The van der Waals surface area contributed by atoms with Gasteiger partial charge in [0.1, 0.15) is 10.6 Å². The number of anilines is 1. The van der Waals surface area contributed by atoms with E-state index in [1.807, 2.05) is 0 Å². The van der Waals surface area contributed by atoms with E-state index in [1.165, 1.54) is 23.8 Å². The number of ether oxygens (including phenoxy) is 4. The number of aromatic nitrogens is 1. The van der Waals surface area contributed by atoms with Gasteiger partial charge in [0.25, 0.3) is 0 Å². The number of carbonyl (C=O) groups excluding carboxylic acids is 3. The van der Waals surface area contributed by atoms with Gasteiger partial charge in [-0.25, -0.2) is 19.4 Å². The molecule has 18 heteroatoms. The zero-order valence-electron chi connectivity index (χ0n) is 28.4. The number of thiazole rings is 1. The largest absolute Gasteiger partial charge is 0.496 e. The maximum atomic E-state index is 13.7. The van der Waals surface area contributed by atoms with E-state index in [2.05, 4.69) is 4.98 Å². The summed E-state index contributed by atoms with van der Waals surface area (Å²) < 4.78 is 104. The minimum atomic E-state index is -5.10. The van der Waals surface area contributed by atoms with Crippen molar-refractivity contribution in [3.63, 3.8) is 0 Å². The molecule has 10 nitrogen and oxygen atoms in total. The Kier molecular flexibility index (Phi) is 12.4. The standard InChI is InChI=1S/C33H35F6N3O7S2/c1-7-48-28(43)27-18(4)40-29(51-27)50-16-20-12-25-23(14-26(20)46-5)24(9-17(3)42(25)31(45)49-8-2)41(30(44)47-6)15-19-10-21(32(34,35)36)13-22(11-19)33(37,38)39/h10-14,17,24H,7-9,15-16H2,1-6H3/t17-,24+/m0/s1. The van der Waals surface area contributed by atoms with E-state index in [0.717, 1.165) is 23.3 Å². The third-order valence-corrected chi connectivity index (χ3v) is 10.2. The fraction of sp³-hybridized carbons (Fsp3) is 0.455. The van der Waals surface area contributed by atoms with Crippen molar-refractivity contribution in [2.75, 3.05) is 32.3 Å². The first-order valence-electron chi connectivity index (χ1n) is 15.5. The highest BCUT2D eigenvalue weighted by Gasteiger charge is 2.41. The average Bonchev–Trinajstić information content (AvgIpc) is 3.44. The molecule has 0 fully saturated rings. The Balaban J connectivity index is 1.81. The van der Waals surface area contributed by atoms with E-state index in [0.29, 0.717) is 43.9 Å². The third kappa shape index (κ3) is 9.01. The number of aryl methyl sites for hydroxylation is 1. The number of benzene rings is 2. The van der Waals surface area contributed by atoms with Crippen LogP contribution < -0.4 is 9.64 Å². The summed E-state index contributed by atoms with van der Waals surface area (Å²) in [5.74, 6) is 0.0597. The Morgan fingerprint density at radius 1 is 0.980 bits per heavy atom. The van der Waals surface area contributed by atoms with Crippen LogP contribution in [0, 0.1) is 6.92 Å². The summed E-state index contributed by atoms with van der Waals surface area (Å²) in [7, 11) is 2.43. The van der Waals surface area contributed by atoms with Crippen molar-refractivity contribution in [2.45, 2.75) is 75.2 Å². The van der Waals surface area contributed by atoms with Gasteiger partial charge >= 0.3 is 30.5 Å². The Morgan fingerprint density at radius 2 is 1.61 bits per heavy atom. The SMILES string of the molecule is CCOC(=O)c1sc(SCc2cc3c(cc2OC)[C@H](N(Cc2cc(C(F)(F)F)cc(C(F)(F)F)c2)C(=O)OC)C[C@H](C)N3C(=O)OCC)nc1C. The monoisotopic (exact) mass is 763 g/mol. The molecule has 0 radical (unpaired) electrons. The molecule has 3 aromatic rings. The summed E-state index contributed by atoms with van der Waals surface area (Å²) in [6, 6.07) is 2.67. The Morgan fingerprint density at radius 3 is 2.16 bits per heavy atom. The number of esters is 1. The van der Waals surface area contributed by atoms with Crippen LogP contribution in [0.4, 0.5) is 41.6 Å². The van der Waals surface area contributed by atoms with E-state index in [1.54, 1.807) is 39.8 Å². The molecule has 0 saturated heterocycles. The van der Waals surface area contributed by atoms with Crippen LogP contribution in [0.1, 0.15) is 76.4 Å². The minimum Gasteiger partial charge on any atom is -0.496 e. The molecule has 0 unspecified atom stereocenters. The number of alkyl halides is 6. The van der Waals surface area contributed by atoms with E-state index >= 15 is 0 Å². The molecule has 1 aliphatic heterocycles. The normalized spacial score (nSPS) is 16.0. The number of nitrogens with zero attached hydrogens (tertiary/aromatic N) is 3. The first-order valence-corrected chi connectivity index (χ1v) is 17.3. The molecule has 2 amide bonds. The summed E-state index contributed by atoms with van der Waals surface area (Å²) >= 11 is 2.44. The van der Waals surface area contributed by atoms with Crippen molar-refractivity contribution in [1.29, 1.82) is 0 Å². The molecule has 51 heavy (non-hydrogen) atoms. The molecular weight excluding hydrogens is 728 g/mol. The van der Waals surface area contributed by atoms with E-state index in [-0.39, 0.29) is 37.1 Å². The van der Waals surface area contributed by atoms with Crippen LogP contribution in [0.3, 0.4) is 0 Å². The lowest BCUT2D eigenvalue weighted by Crippen LogP contribution is -2.47. The van der Waals surface area contributed by atoms with Gasteiger partial charge in [0, 0.05) is 29.5 Å². The van der Waals surface area contributed by atoms with Gasteiger partial charge in [-0.15, -0.1) is 11.3 Å². The molecule has 2 atom stereocenters. The number of amides is 2. The van der Waals surface area contributed by atoms with Crippen molar-refractivity contribution < 1.29 is 59.7 Å². The molecule has 1 aromatic heterocycles. The van der Waals surface area contributed by atoms with Crippen LogP contribution in [0.25, 0.3) is 0 Å². The van der Waals surface area contributed by atoms with Crippen LogP contribution in [-0.2, 0) is 38.9 Å². The summed E-state index contributed by atoms with van der Waals surface area (Å²) in [4.78, 5) is 46.1. The smallest absolute Gasteiger partial charge is 0.416 e. The van der Waals surface area contributed by atoms with Gasteiger partial charge in [0.2, 0.25) is 0 Å². The lowest BCUT2D eigenvalue weighted by molar-refractivity contribution is -0.143. The number of hydrogen-bond acceptors (Lipinski definition) is 10. The van der Waals surface area contributed by atoms with Crippen molar-refractivity contribution in [3.8, 4) is 5.75 Å². The van der Waals surface area contributed by atoms with Crippen LogP contribution in [0.5, 0.6) is 5.75 Å². The van der Waals surface area contributed by atoms with Crippen molar-refractivity contribution >= 4 is 46.9 Å². The second-order valence-electron chi connectivity index (χ2n) is 11.3. The van der Waals surface area contributed by atoms with E-state index in [4.69, 9.17) is 18.9 Å². The second kappa shape index (κ2) is 16.0. The maximum Gasteiger partial charge on any atom is 0.416 e. The quantitative estimate of drug-likeness (QED) is 0.0866. The molecule has 0 saturated carbocycles. The van der Waals surface area contributed by atoms with Crippen LogP contribution in [-0.4, -0.2) is 61.5 Å². The first kappa shape index (κ1) is 39.6. The predicted octanol–water partition coefficient (Wildman–Crippen LogP) is 9.03. The lowest BCUT2D eigenvalue weighted by atomic mass is 9.89. The van der Waals surface area contributed by atoms with Gasteiger partial charge < -0.3 is 18.9 Å². The molecule has 0 bridgehead atoms. The number of methoxy groups -OCH3 is 2. The molecule has 0 aliphatic carbocycles. The minimum absolute atomic E-state index is 0.0102. The molecular formula is C33H35F6N3O7S2. The van der Waals surface area contributed by atoms with Gasteiger partial charge in [0.05, 0.1) is 56.0 Å². The Labute approximate surface area is 298 Å². The van der Waals surface area contributed by atoms with Gasteiger partial charge in [-0.05, 0) is 70.0 Å². The summed E-state index contributed by atoms with van der Waals surface area (Å²) in [6.07, 6.45) is -11.9. The van der Waals surface area contributed by atoms with Crippen molar-refractivity contribution in [2.24, 2.45) is 0 Å². The molecule has 2 aromatic carbocycles. The topological polar surface area (TPSA) is 108 Å². The molecule has 2 heterocycles. The third-order valence-electron chi connectivity index (χ3n) is 7.89. The molecule has 4 rings (SSSR count). The molecule has 0 spiro atoms. The van der Waals surface area contributed by atoms with E-state index < -0.39 is 65.8 Å². The van der Waals surface area contributed by atoms with Crippen molar-refractivity contribution in [1.82, 2.24) is 9.88 Å². The number of halogens is 6. The highest BCUT2D eigenvalue weighted by atomic mass is 32.2. The predicted molar refractivity (Wildman–Crippen MR) is 176 cm³/mol.